The van der Waals surface area contributed by atoms with Crippen molar-refractivity contribution in [2.75, 3.05) is 17.7 Å². The van der Waals surface area contributed by atoms with E-state index in [1.165, 1.54) is 11.8 Å². The maximum absolute atomic E-state index is 14.0. The summed E-state index contributed by atoms with van der Waals surface area (Å²) in [5.74, 6) is -0.406. The summed E-state index contributed by atoms with van der Waals surface area (Å²) in [6, 6.07) is 22.4. The molecule has 0 spiro atoms. The number of carbonyl (C=O) groups excluding carboxylic acids is 4. The van der Waals surface area contributed by atoms with Crippen LogP contribution in [0.4, 0.5) is 15.3 Å². The topological polar surface area (TPSA) is 129 Å². The molecule has 3 aromatic rings. The van der Waals surface area contributed by atoms with E-state index in [-0.39, 0.29) is 11.9 Å². The number of nitrogens with zero attached hydrogens (tertiary/aromatic N) is 1. The molecule has 1 aliphatic rings. The first kappa shape index (κ1) is 33.4. The Kier molecular flexibility index (Phi) is 10.4. The lowest BCUT2D eigenvalue weighted by atomic mass is 9.98. The first-order valence-corrected chi connectivity index (χ1v) is 15.7. The summed E-state index contributed by atoms with van der Waals surface area (Å²) < 4.78 is 5.32. The third kappa shape index (κ3) is 8.78. The lowest BCUT2D eigenvalue weighted by Gasteiger charge is -2.30. The van der Waals surface area contributed by atoms with Crippen molar-refractivity contribution >= 4 is 41.4 Å². The summed E-state index contributed by atoms with van der Waals surface area (Å²) in [5.41, 5.74) is 2.60. The average Bonchev–Trinajstić information content (AvgIpc) is 3.11. The fourth-order valence-corrected chi connectivity index (χ4v) is 5.84. The number of carbonyl (C=O) groups is 4. The summed E-state index contributed by atoms with van der Waals surface area (Å²) >= 11 is 1.50. The smallest absolute Gasteiger partial charge is 0.408 e. The summed E-state index contributed by atoms with van der Waals surface area (Å²) in [6.07, 6.45) is -0.716. The van der Waals surface area contributed by atoms with Crippen LogP contribution in [0, 0.1) is 0 Å². The minimum Gasteiger partial charge on any atom is -0.444 e. The highest BCUT2D eigenvalue weighted by molar-refractivity contribution is 7.99. The first-order chi connectivity index (χ1) is 21.3. The molecule has 0 saturated heterocycles. The van der Waals surface area contributed by atoms with Gasteiger partial charge in [0.15, 0.2) is 0 Å². The fourth-order valence-electron chi connectivity index (χ4n) is 4.77. The Morgan fingerprint density at radius 2 is 1.60 bits per heavy atom. The van der Waals surface area contributed by atoms with Gasteiger partial charge in [-0.15, -0.1) is 11.8 Å². The van der Waals surface area contributed by atoms with Gasteiger partial charge in [-0.2, -0.15) is 0 Å². The van der Waals surface area contributed by atoms with Crippen molar-refractivity contribution in [3.63, 3.8) is 0 Å². The number of anilines is 1. The van der Waals surface area contributed by atoms with Crippen molar-refractivity contribution in [3.05, 3.63) is 83.9 Å². The van der Waals surface area contributed by atoms with E-state index in [2.05, 4.69) is 21.3 Å². The highest BCUT2D eigenvalue weighted by atomic mass is 32.2. The molecular weight excluding hydrogens is 590 g/mol. The molecule has 4 N–H and O–H groups in total. The van der Waals surface area contributed by atoms with Gasteiger partial charge in [0.05, 0.1) is 12.2 Å². The minimum absolute atomic E-state index is 0.247. The number of amides is 5. The van der Waals surface area contributed by atoms with E-state index >= 15 is 0 Å². The molecule has 10 nitrogen and oxygen atoms in total. The van der Waals surface area contributed by atoms with E-state index in [4.69, 9.17) is 4.74 Å². The maximum Gasteiger partial charge on any atom is 0.408 e. The third-order valence-corrected chi connectivity index (χ3v) is 8.26. The Hall–Kier alpha value is -4.51. The van der Waals surface area contributed by atoms with Crippen LogP contribution in [0.15, 0.2) is 77.7 Å². The van der Waals surface area contributed by atoms with Crippen LogP contribution >= 0.6 is 11.8 Å². The molecule has 0 unspecified atom stereocenters. The number of ether oxygens (including phenoxy) is 1. The molecule has 0 aromatic heterocycles. The van der Waals surface area contributed by atoms with Crippen molar-refractivity contribution in [2.24, 2.45) is 0 Å². The number of thioether (sulfide) groups is 1. The normalized spacial score (nSPS) is 14.9. The summed E-state index contributed by atoms with van der Waals surface area (Å²) in [4.78, 5) is 54.1. The number of fused-ring (bicyclic) bond motifs is 1. The second kappa shape index (κ2) is 14.1. The van der Waals surface area contributed by atoms with E-state index in [9.17, 15) is 19.2 Å². The molecule has 0 aliphatic carbocycles. The van der Waals surface area contributed by atoms with E-state index in [0.717, 1.165) is 32.8 Å². The maximum atomic E-state index is 14.0. The van der Waals surface area contributed by atoms with Crippen LogP contribution in [0.2, 0.25) is 0 Å². The number of rotatable bonds is 8. The van der Waals surface area contributed by atoms with Gasteiger partial charge in [-0.1, -0.05) is 60.7 Å². The first-order valence-electron chi connectivity index (χ1n) is 14.8. The van der Waals surface area contributed by atoms with Crippen LogP contribution < -0.4 is 26.2 Å². The van der Waals surface area contributed by atoms with Crippen LogP contribution in [-0.2, 0) is 27.4 Å². The number of benzene rings is 3. The van der Waals surface area contributed by atoms with Crippen molar-refractivity contribution < 1.29 is 23.9 Å². The van der Waals surface area contributed by atoms with E-state index < -0.39 is 29.2 Å². The molecule has 4 rings (SSSR count). The molecule has 1 heterocycles. The van der Waals surface area contributed by atoms with Gasteiger partial charge in [-0.05, 0) is 69.0 Å². The third-order valence-electron chi connectivity index (χ3n) is 7.10. The van der Waals surface area contributed by atoms with Crippen LogP contribution in [0.5, 0.6) is 0 Å². The van der Waals surface area contributed by atoms with Gasteiger partial charge in [0.25, 0.3) is 5.91 Å². The van der Waals surface area contributed by atoms with E-state index in [0.29, 0.717) is 18.8 Å². The van der Waals surface area contributed by atoms with Crippen molar-refractivity contribution in [1.29, 1.82) is 0 Å². The van der Waals surface area contributed by atoms with E-state index in [1.54, 1.807) is 46.6 Å². The average molecular weight is 632 g/mol. The molecule has 5 amide bonds. The second-order valence-electron chi connectivity index (χ2n) is 12.3. The number of alkyl carbamates (subject to hydrolysis) is 1. The SMILES string of the molecule is CNC(=O)NCc1ccccc1-c1ccc(CN2C(=O)[C@H](NC(=O)C(C)(C)NC(=O)OC(C)(C)C)CSc3ccccc32)cc1. The fraction of sp³-hybridized carbons (Fsp3) is 0.353. The quantitative estimate of drug-likeness (QED) is 0.270. The van der Waals surface area contributed by atoms with Crippen LogP contribution in [0.3, 0.4) is 0 Å². The minimum atomic E-state index is -1.32. The van der Waals surface area contributed by atoms with Gasteiger partial charge in [0.2, 0.25) is 5.91 Å². The zero-order chi connectivity index (χ0) is 32.8. The Bertz CT molecular complexity index is 1550. The Balaban J connectivity index is 1.53. The largest absolute Gasteiger partial charge is 0.444 e. The standard InChI is InChI=1S/C34H41N5O5S/c1-33(2,3)44-32(43)38-34(4,5)30(41)37-26-21-45-28-14-10-9-13-27(28)39(29(26)40)20-22-15-17-23(18-16-22)25-12-8-7-11-24(25)19-36-31(42)35-6/h7-18,26H,19-21H2,1-6H3,(H,37,41)(H,38,43)(H2,35,36,42)/t26-/m1/s1. The number of urea groups is 1. The molecular formula is C34H41N5O5S. The van der Waals surface area contributed by atoms with Crippen LogP contribution in [-0.4, -0.2) is 53.9 Å². The Labute approximate surface area is 268 Å². The molecule has 3 aromatic carbocycles. The van der Waals surface area contributed by atoms with Gasteiger partial charge in [-0.3, -0.25) is 9.59 Å². The molecule has 0 bridgehead atoms. The van der Waals surface area contributed by atoms with Gasteiger partial charge in [0, 0.05) is 24.2 Å². The summed E-state index contributed by atoms with van der Waals surface area (Å²) in [5, 5.41) is 10.9. The summed E-state index contributed by atoms with van der Waals surface area (Å²) in [7, 11) is 1.58. The molecule has 0 radical (unpaired) electrons. The van der Waals surface area contributed by atoms with Gasteiger partial charge < -0.3 is 30.9 Å². The van der Waals surface area contributed by atoms with Crippen molar-refractivity contribution in [2.45, 2.75) is 69.8 Å². The molecule has 1 aliphatic heterocycles. The lowest BCUT2D eigenvalue weighted by Crippen LogP contribution is -2.60. The van der Waals surface area contributed by atoms with Gasteiger partial charge >= 0.3 is 12.1 Å². The highest BCUT2D eigenvalue weighted by Gasteiger charge is 2.37. The number of nitrogens with one attached hydrogen (secondary N) is 4. The van der Waals surface area contributed by atoms with E-state index in [1.807, 2.05) is 72.8 Å². The Morgan fingerprint density at radius 1 is 0.933 bits per heavy atom. The molecule has 1 atom stereocenters. The number of hydrogen-bond donors (Lipinski definition) is 4. The predicted molar refractivity (Wildman–Crippen MR) is 177 cm³/mol. The molecule has 11 heteroatoms. The van der Waals surface area contributed by atoms with Gasteiger partial charge in [0.1, 0.15) is 17.2 Å². The monoisotopic (exact) mass is 631 g/mol. The zero-order valence-corrected chi connectivity index (χ0v) is 27.3. The lowest BCUT2D eigenvalue weighted by molar-refractivity contribution is -0.130. The molecule has 0 fully saturated rings. The summed E-state index contributed by atoms with van der Waals surface area (Å²) in [6.45, 7) is 9.05. The van der Waals surface area contributed by atoms with Crippen molar-refractivity contribution in [1.82, 2.24) is 21.3 Å². The van der Waals surface area contributed by atoms with Gasteiger partial charge in [-0.25, -0.2) is 9.59 Å². The van der Waals surface area contributed by atoms with Crippen LogP contribution in [0.25, 0.3) is 11.1 Å². The highest BCUT2D eigenvalue weighted by Crippen LogP contribution is 2.35. The van der Waals surface area contributed by atoms with Crippen LogP contribution in [0.1, 0.15) is 45.7 Å². The Morgan fingerprint density at radius 3 is 2.29 bits per heavy atom. The second-order valence-corrected chi connectivity index (χ2v) is 13.3. The zero-order valence-electron chi connectivity index (χ0n) is 26.5. The molecule has 45 heavy (non-hydrogen) atoms. The molecule has 0 saturated carbocycles. The number of para-hydroxylation sites is 1. The predicted octanol–water partition coefficient (Wildman–Crippen LogP) is 5.21. The van der Waals surface area contributed by atoms with Crippen molar-refractivity contribution in [3.8, 4) is 11.1 Å². The number of hydrogen-bond acceptors (Lipinski definition) is 6. The molecule has 238 valence electrons.